The Balaban J connectivity index is 2.29. The second-order valence-corrected chi connectivity index (χ2v) is 4.91. The minimum absolute atomic E-state index is 0.0475. The van der Waals surface area contributed by atoms with E-state index in [1.165, 1.54) is 29.5 Å². The molecule has 0 aliphatic heterocycles. The van der Waals surface area contributed by atoms with Crippen LogP contribution in [0, 0.1) is 15.9 Å². The molecule has 0 bridgehead atoms. The highest BCUT2D eigenvalue weighted by molar-refractivity contribution is 7.21. The molecule has 19 heavy (non-hydrogen) atoms. The number of halogens is 1. The quantitative estimate of drug-likeness (QED) is 0.524. The van der Waals surface area contributed by atoms with E-state index in [0.717, 1.165) is 4.70 Å². The summed E-state index contributed by atoms with van der Waals surface area (Å²) in [5.74, 6) is -0.631. The predicted octanol–water partition coefficient (Wildman–Crippen LogP) is 4.01. The van der Waals surface area contributed by atoms with Crippen LogP contribution in [0.5, 0.6) is 0 Å². The molecular weight excluding hydrogens is 267 g/mol. The second-order valence-electron chi connectivity index (χ2n) is 3.88. The van der Waals surface area contributed by atoms with Crippen LogP contribution in [0.15, 0.2) is 42.5 Å². The number of nitrogens with zero attached hydrogens (tertiary/aromatic N) is 2. The van der Waals surface area contributed by atoms with Crippen LogP contribution in [-0.4, -0.2) is 9.91 Å². The smallest absolute Gasteiger partial charge is 0.258 e. The van der Waals surface area contributed by atoms with Crippen LogP contribution >= 0.6 is 11.3 Å². The summed E-state index contributed by atoms with van der Waals surface area (Å²) < 4.78 is 14.8. The van der Waals surface area contributed by atoms with Gasteiger partial charge in [0, 0.05) is 6.07 Å². The first-order valence-electron chi connectivity index (χ1n) is 5.45. The molecule has 1 aromatic heterocycles. The van der Waals surface area contributed by atoms with Gasteiger partial charge in [0.05, 0.1) is 15.1 Å². The molecule has 0 fully saturated rings. The molecule has 0 N–H and O–H groups in total. The molecule has 0 amide bonds. The third kappa shape index (κ3) is 1.96. The summed E-state index contributed by atoms with van der Waals surface area (Å²) in [6, 6.07) is 11.1. The second kappa shape index (κ2) is 4.40. The third-order valence-electron chi connectivity index (χ3n) is 2.70. The van der Waals surface area contributed by atoms with Crippen molar-refractivity contribution >= 4 is 27.2 Å². The Morgan fingerprint density at radius 1 is 1.16 bits per heavy atom. The minimum Gasteiger partial charge on any atom is -0.258 e. The van der Waals surface area contributed by atoms with Gasteiger partial charge in [-0.3, -0.25) is 10.1 Å². The van der Waals surface area contributed by atoms with Crippen LogP contribution in [-0.2, 0) is 0 Å². The Hall–Kier alpha value is -2.34. The number of rotatable bonds is 2. The number of fused-ring (bicyclic) bond motifs is 1. The first-order chi connectivity index (χ1) is 9.16. The average molecular weight is 274 g/mol. The molecule has 0 atom stereocenters. The fourth-order valence-electron chi connectivity index (χ4n) is 1.86. The van der Waals surface area contributed by atoms with E-state index < -0.39 is 10.7 Å². The van der Waals surface area contributed by atoms with Gasteiger partial charge < -0.3 is 0 Å². The number of benzene rings is 2. The Morgan fingerprint density at radius 2 is 1.95 bits per heavy atom. The summed E-state index contributed by atoms with van der Waals surface area (Å²) >= 11 is 1.24. The minimum atomic E-state index is -0.631. The third-order valence-corrected chi connectivity index (χ3v) is 3.75. The zero-order valence-electron chi connectivity index (χ0n) is 9.54. The first-order valence-corrected chi connectivity index (χ1v) is 6.27. The summed E-state index contributed by atoms with van der Waals surface area (Å²) in [6.45, 7) is 0. The van der Waals surface area contributed by atoms with Crippen molar-refractivity contribution in [3.8, 4) is 10.6 Å². The lowest BCUT2D eigenvalue weighted by Crippen LogP contribution is -1.94. The van der Waals surface area contributed by atoms with Crippen LogP contribution in [0.25, 0.3) is 20.8 Å². The van der Waals surface area contributed by atoms with E-state index in [1.54, 1.807) is 6.07 Å². The highest BCUT2D eigenvalue weighted by Gasteiger charge is 2.22. The van der Waals surface area contributed by atoms with Gasteiger partial charge in [-0.15, -0.1) is 11.3 Å². The van der Waals surface area contributed by atoms with Crippen LogP contribution in [0.3, 0.4) is 0 Å². The Kier molecular flexibility index (Phi) is 2.72. The highest BCUT2D eigenvalue weighted by Crippen LogP contribution is 2.37. The molecular formula is C13H7FN2O2S. The lowest BCUT2D eigenvalue weighted by Gasteiger charge is -2.00. The number of hydrogen-bond donors (Lipinski definition) is 0. The molecule has 0 aliphatic carbocycles. The summed E-state index contributed by atoms with van der Waals surface area (Å²) in [5, 5.41) is 11.3. The molecule has 4 nitrogen and oxygen atoms in total. The molecule has 3 aromatic rings. The van der Waals surface area contributed by atoms with Gasteiger partial charge in [0.2, 0.25) is 0 Å². The van der Waals surface area contributed by atoms with Crippen molar-refractivity contribution in [1.82, 2.24) is 4.98 Å². The van der Waals surface area contributed by atoms with Crippen molar-refractivity contribution in [3.63, 3.8) is 0 Å². The molecule has 0 unspecified atom stereocenters. The predicted molar refractivity (Wildman–Crippen MR) is 71.7 cm³/mol. The molecule has 0 saturated carbocycles. The largest absolute Gasteiger partial charge is 0.282 e. The topological polar surface area (TPSA) is 56.0 Å². The zero-order chi connectivity index (χ0) is 13.4. The van der Waals surface area contributed by atoms with Crippen LogP contribution in [0.1, 0.15) is 0 Å². The number of nitro groups is 1. The van der Waals surface area contributed by atoms with Gasteiger partial charge in [-0.2, -0.15) is 0 Å². The molecule has 6 heteroatoms. The monoisotopic (exact) mass is 274 g/mol. The summed E-state index contributed by atoms with van der Waals surface area (Å²) in [6.07, 6.45) is 0. The van der Waals surface area contributed by atoms with Gasteiger partial charge in [-0.1, -0.05) is 18.2 Å². The van der Waals surface area contributed by atoms with Crippen LogP contribution < -0.4 is 0 Å². The normalized spacial score (nSPS) is 10.8. The van der Waals surface area contributed by atoms with Crippen molar-refractivity contribution in [2.24, 2.45) is 0 Å². The molecule has 3 rings (SSSR count). The Bertz CT molecular complexity index is 752. The molecule has 94 valence electrons. The standard InChI is InChI=1S/C13H7FN2O2S/c14-8-4-3-6-10(16(17)18)12(8)13-15-9-5-1-2-7-11(9)19-13/h1-7H. The summed E-state index contributed by atoms with van der Waals surface area (Å²) in [5.41, 5.74) is 0.396. The van der Waals surface area contributed by atoms with Gasteiger partial charge in [-0.05, 0) is 18.2 Å². The van der Waals surface area contributed by atoms with E-state index >= 15 is 0 Å². The number of aromatic nitrogens is 1. The van der Waals surface area contributed by atoms with Crippen LogP contribution in [0.2, 0.25) is 0 Å². The molecule has 0 radical (unpaired) electrons. The first kappa shape index (κ1) is 11.7. The van der Waals surface area contributed by atoms with Crippen molar-refractivity contribution in [2.75, 3.05) is 0 Å². The lowest BCUT2D eigenvalue weighted by atomic mass is 10.2. The average Bonchev–Trinajstić information content (AvgIpc) is 2.81. The van der Waals surface area contributed by atoms with Gasteiger partial charge in [0.15, 0.2) is 0 Å². The van der Waals surface area contributed by atoms with E-state index in [9.17, 15) is 14.5 Å². The zero-order valence-corrected chi connectivity index (χ0v) is 10.4. The summed E-state index contributed by atoms with van der Waals surface area (Å²) in [7, 11) is 0. The van der Waals surface area contributed by atoms with Crippen LogP contribution in [0.4, 0.5) is 10.1 Å². The number of nitro benzene ring substituents is 1. The molecule has 0 spiro atoms. The molecule has 0 saturated heterocycles. The SMILES string of the molecule is O=[N+]([O-])c1cccc(F)c1-c1nc2ccccc2s1. The number of thiazole rings is 1. The van der Waals surface area contributed by atoms with E-state index in [0.29, 0.717) is 10.5 Å². The Labute approximate surface area is 111 Å². The van der Waals surface area contributed by atoms with E-state index in [1.807, 2.05) is 18.2 Å². The van der Waals surface area contributed by atoms with Crippen molar-refractivity contribution in [3.05, 3.63) is 58.4 Å². The maximum Gasteiger partial charge on any atom is 0.282 e. The molecule has 1 heterocycles. The summed E-state index contributed by atoms with van der Waals surface area (Å²) in [4.78, 5) is 14.6. The van der Waals surface area contributed by atoms with Gasteiger partial charge in [0.1, 0.15) is 16.4 Å². The fraction of sp³-hybridized carbons (Fsp3) is 0. The van der Waals surface area contributed by atoms with Crippen molar-refractivity contribution < 1.29 is 9.31 Å². The number of hydrogen-bond acceptors (Lipinski definition) is 4. The van der Waals surface area contributed by atoms with Gasteiger partial charge >= 0.3 is 0 Å². The molecule has 2 aromatic carbocycles. The Morgan fingerprint density at radius 3 is 2.68 bits per heavy atom. The highest BCUT2D eigenvalue weighted by atomic mass is 32.1. The van der Waals surface area contributed by atoms with E-state index in [-0.39, 0.29) is 11.3 Å². The van der Waals surface area contributed by atoms with E-state index in [2.05, 4.69) is 4.98 Å². The molecule has 0 aliphatic rings. The fourth-order valence-corrected chi connectivity index (χ4v) is 2.88. The van der Waals surface area contributed by atoms with Gasteiger partial charge in [0.25, 0.3) is 5.69 Å². The lowest BCUT2D eigenvalue weighted by molar-refractivity contribution is -0.384. The maximum atomic E-state index is 13.9. The van der Waals surface area contributed by atoms with Gasteiger partial charge in [-0.25, -0.2) is 9.37 Å². The van der Waals surface area contributed by atoms with Crippen molar-refractivity contribution in [1.29, 1.82) is 0 Å². The van der Waals surface area contributed by atoms with E-state index in [4.69, 9.17) is 0 Å². The maximum absolute atomic E-state index is 13.9. The number of para-hydroxylation sites is 1. The van der Waals surface area contributed by atoms with Crippen molar-refractivity contribution in [2.45, 2.75) is 0 Å².